The Balaban J connectivity index is 2.39. The fraction of sp³-hybridized carbons (Fsp3) is 0.150. The Labute approximate surface area is 186 Å². The molecule has 0 aliphatic carbocycles. The Bertz CT molecular complexity index is 1180. The van der Waals surface area contributed by atoms with Crippen molar-refractivity contribution in [2.45, 2.75) is 6.36 Å². The van der Waals surface area contributed by atoms with Crippen LogP contribution in [0.4, 0.5) is 17.6 Å². The molecule has 2 aromatic carbocycles. The number of carbonyl (C=O) groups is 2. The number of benzene rings is 2. The second-order valence-electron chi connectivity index (χ2n) is 6.09. The molecule has 1 aromatic heterocycles. The van der Waals surface area contributed by atoms with E-state index < -0.39 is 52.4 Å². The first-order chi connectivity index (χ1) is 15.1. The molecule has 168 valence electrons. The quantitative estimate of drug-likeness (QED) is 0.354. The molecule has 12 heteroatoms. The molecule has 0 amide bonds. The minimum absolute atomic E-state index is 0.0520. The van der Waals surface area contributed by atoms with Crippen LogP contribution in [0.1, 0.15) is 20.8 Å². The fourth-order valence-electron chi connectivity index (χ4n) is 2.88. The van der Waals surface area contributed by atoms with Gasteiger partial charge in [-0.1, -0.05) is 18.2 Å². The molecule has 0 bridgehead atoms. The summed E-state index contributed by atoms with van der Waals surface area (Å²) in [5, 5.41) is 4.16. The maximum Gasteiger partial charge on any atom is 0.573 e. The lowest BCUT2D eigenvalue weighted by Crippen LogP contribution is -2.18. The second kappa shape index (κ2) is 8.99. The number of nitrogens with zero attached hydrogens (tertiary/aromatic N) is 2. The highest BCUT2D eigenvalue weighted by atomic mass is 79.9. The molecule has 0 saturated carbocycles. The van der Waals surface area contributed by atoms with Crippen LogP contribution in [0.2, 0.25) is 0 Å². The molecule has 0 N–H and O–H groups in total. The summed E-state index contributed by atoms with van der Waals surface area (Å²) >= 11 is 3.05. The van der Waals surface area contributed by atoms with E-state index in [-0.39, 0.29) is 4.47 Å². The summed E-state index contributed by atoms with van der Waals surface area (Å²) in [7, 11) is 2.07. The molecule has 0 aliphatic rings. The minimum atomic E-state index is -5.17. The highest BCUT2D eigenvalue weighted by Crippen LogP contribution is 2.40. The lowest BCUT2D eigenvalue weighted by Gasteiger charge is -2.13. The largest absolute Gasteiger partial charge is 0.573 e. The van der Waals surface area contributed by atoms with E-state index in [1.165, 1.54) is 0 Å². The number of hydrogen-bond acceptors (Lipinski definition) is 6. The van der Waals surface area contributed by atoms with E-state index in [1.807, 2.05) is 0 Å². The molecular formula is C20H13BrF4N2O5. The third-order valence-electron chi connectivity index (χ3n) is 4.17. The van der Waals surface area contributed by atoms with Gasteiger partial charge in [0.05, 0.1) is 25.5 Å². The zero-order valence-corrected chi connectivity index (χ0v) is 18.0. The smallest absolute Gasteiger partial charge is 0.465 e. The van der Waals surface area contributed by atoms with Gasteiger partial charge in [-0.2, -0.15) is 5.10 Å². The number of alkyl halides is 3. The van der Waals surface area contributed by atoms with Gasteiger partial charge in [0.25, 0.3) is 0 Å². The summed E-state index contributed by atoms with van der Waals surface area (Å²) in [6.45, 7) is 0. The molecule has 0 unspecified atom stereocenters. The van der Waals surface area contributed by atoms with Crippen LogP contribution in [0.5, 0.6) is 5.75 Å². The Morgan fingerprint density at radius 3 is 2.19 bits per heavy atom. The Hall–Kier alpha value is -3.41. The first kappa shape index (κ1) is 23.3. The average Bonchev–Trinajstić information content (AvgIpc) is 3.14. The molecule has 32 heavy (non-hydrogen) atoms. The van der Waals surface area contributed by atoms with E-state index in [0.29, 0.717) is 5.69 Å². The van der Waals surface area contributed by atoms with Crippen molar-refractivity contribution in [3.05, 3.63) is 64.0 Å². The van der Waals surface area contributed by atoms with E-state index in [2.05, 4.69) is 25.8 Å². The van der Waals surface area contributed by atoms with Gasteiger partial charge in [-0.25, -0.2) is 18.7 Å². The zero-order chi connectivity index (χ0) is 23.6. The normalized spacial score (nSPS) is 11.2. The highest BCUT2D eigenvalue weighted by Gasteiger charge is 2.36. The van der Waals surface area contributed by atoms with Crippen LogP contribution in [0, 0.1) is 5.82 Å². The van der Waals surface area contributed by atoms with Crippen LogP contribution in [0.25, 0.3) is 16.9 Å². The van der Waals surface area contributed by atoms with Crippen molar-refractivity contribution in [2.24, 2.45) is 0 Å². The number of rotatable bonds is 5. The van der Waals surface area contributed by atoms with Crippen LogP contribution in [-0.2, 0) is 9.47 Å². The van der Waals surface area contributed by atoms with Crippen LogP contribution >= 0.6 is 15.9 Å². The van der Waals surface area contributed by atoms with Crippen molar-refractivity contribution in [3.8, 4) is 22.7 Å². The van der Waals surface area contributed by atoms with Gasteiger partial charge in [0.2, 0.25) is 0 Å². The summed E-state index contributed by atoms with van der Waals surface area (Å²) in [4.78, 5) is 25.1. The van der Waals surface area contributed by atoms with Crippen molar-refractivity contribution in [3.63, 3.8) is 0 Å². The predicted octanol–water partition coefficient (Wildman–Crippen LogP) is 4.91. The maximum atomic E-state index is 15.2. The minimum Gasteiger partial charge on any atom is -0.465 e. The molecule has 0 fully saturated rings. The molecule has 0 aliphatic heterocycles. The second-order valence-corrected chi connectivity index (χ2v) is 6.94. The van der Waals surface area contributed by atoms with Gasteiger partial charge in [0, 0.05) is 4.47 Å². The molecule has 0 atom stereocenters. The number of ether oxygens (including phenoxy) is 3. The van der Waals surface area contributed by atoms with Gasteiger partial charge in [0.15, 0.2) is 17.3 Å². The SMILES string of the molecule is COC(=O)c1c(-c2c(Br)ccc(OC(F)(F)F)c2F)nn(-c2ccccc2)c1C(=O)OC. The molecule has 7 nitrogen and oxygen atoms in total. The number of halogens is 5. The standard InChI is InChI=1S/C20H13BrF4N2O5/c1-30-18(28)14-16(13-11(21)8-9-12(15(13)22)32-20(23,24)25)26-27(17(14)19(29)31-2)10-6-4-3-5-7-10/h3-9H,1-2H3. The van der Waals surface area contributed by atoms with E-state index >= 15 is 4.39 Å². The number of hydrogen-bond donors (Lipinski definition) is 0. The summed E-state index contributed by atoms with van der Waals surface area (Å²) in [5.74, 6) is -4.71. The zero-order valence-electron chi connectivity index (χ0n) is 16.4. The van der Waals surface area contributed by atoms with Crippen molar-refractivity contribution < 1.29 is 41.4 Å². The number of aromatic nitrogens is 2. The molecule has 3 aromatic rings. The monoisotopic (exact) mass is 516 g/mol. The van der Waals surface area contributed by atoms with Crippen LogP contribution in [-0.4, -0.2) is 42.3 Å². The van der Waals surface area contributed by atoms with Gasteiger partial charge in [-0.05, 0) is 40.2 Å². The van der Waals surface area contributed by atoms with Crippen molar-refractivity contribution in [1.29, 1.82) is 0 Å². The number of methoxy groups -OCH3 is 2. The molecule has 0 spiro atoms. The van der Waals surface area contributed by atoms with E-state index in [4.69, 9.17) is 9.47 Å². The predicted molar refractivity (Wildman–Crippen MR) is 106 cm³/mol. The summed E-state index contributed by atoms with van der Waals surface area (Å²) in [5.41, 5.74) is -1.63. The summed E-state index contributed by atoms with van der Waals surface area (Å²) in [6, 6.07) is 9.83. The van der Waals surface area contributed by atoms with Gasteiger partial charge < -0.3 is 14.2 Å². The van der Waals surface area contributed by atoms with Crippen molar-refractivity contribution >= 4 is 27.9 Å². The number of esters is 2. The van der Waals surface area contributed by atoms with Crippen LogP contribution < -0.4 is 4.74 Å². The third kappa shape index (κ3) is 4.44. The summed E-state index contributed by atoms with van der Waals surface area (Å²) in [6.07, 6.45) is -5.17. The van der Waals surface area contributed by atoms with Gasteiger partial charge >= 0.3 is 18.3 Å². The maximum absolute atomic E-state index is 15.2. The highest BCUT2D eigenvalue weighted by molar-refractivity contribution is 9.10. The van der Waals surface area contributed by atoms with E-state index in [0.717, 1.165) is 31.0 Å². The lowest BCUT2D eigenvalue weighted by atomic mass is 10.0. The first-order valence-corrected chi connectivity index (χ1v) is 9.47. The van der Waals surface area contributed by atoms with E-state index in [9.17, 15) is 22.8 Å². The topological polar surface area (TPSA) is 79.7 Å². The lowest BCUT2D eigenvalue weighted by molar-refractivity contribution is -0.275. The Morgan fingerprint density at radius 2 is 1.62 bits per heavy atom. The van der Waals surface area contributed by atoms with Crippen LogP contribution in [0.3, 0.4) is 0 Å². The van der Waals surface area contributed by atoms with Crippen molar-refractivity contribution in [2.75, 3.05) is 14.2 Å². The Morgan fingerprint density at radius 1 is 1.00 bits per heavy atom. The van der Waals surface area contributed by atoms with Crippen molar-refractivity contribution in [1.82, 2.24) is 9.78 Å². The molecular weight excluding hydrogens is 504 g/mol. The van der Waals surface area contributed by atoms with Gasteiger partial charge in [-0.3, -0.25) is 0 Å². The number of carbonyl (C=O) groups excluding carboxylic acids is 2. The third-order valence-corrected chi connectivity index (χ3v) is 4.83. The van der Waals surface area contributed by atoms with Gasteiger partial charge in [0.1, 0.15) is 11.3 Å². The van der Waals surface area contributed by atoms with Gasteiger partial charge in [-0.15, -0.1) is 13.2 Å². The van der Waals surface area contributed by atoms with E-state index in [1.54, 1.807) is 30.3 Å². The average molecular weight is 517 g/mol. The molecule has 0 saturated heterocycles. The Kier molecular flexibility index (Phi) is 6.53. The molecule has 0 radical (unpaired) electrons. The first-order valence-electron chi connectivity index (χ1n) is 8.68. The summed E-state index contributed by atoms with van der Waals surface area (Å²) < 4.78 is 67.4. The number of para-hydroxylation sites is 1. The van der Waals surface area contributed by atoms with Crippen LogP contribution in [0.15, 0.2) is 46.9 Å². The molecule has 3 rings (SSSR count). The fourth-order valence-corrected chi connectivity index (χ4v) is 3.38. The molecule has 1 heterocycles.